The molecule has 0 fully saturated rings. The van der Waals surface area contributed by atoms with Gasteiger partial charge in [-0.05, 0) is 63.3 Å². The molecule has 0 saturated carbocycles. The predicted molar refractivity (Wildman–Crippen MR) is 160 cm³/mol. The third-order valence-electron chi connectivity index (χ3n) is 3.85. The Bertz CT molecular complexity index is 959. The number of Topliss-reactive ketones (excluding diaryl/α,β-unsaturated/α-hetero) is 1. The molecule has 3 N–H and O–H groups in total. The Kier molecular flexibility index (Phi) is 26.8. The number of benzene rings is 3. The van der Waals surface area contributed by atoms with Crippen LogP contribution in [0.4, 0.5) is 0 Å². The van der Waals surface area contributed by atoms with Crippen LogP contribution in [0.15, 0.2) is 103 Å². The van der Waals surface area contributed by atoms with E-state index in [1.807, 2.05) is 84.9 Å². The molecule has 0 aliphatic heterocycles. The summed E-state index contributed by atoms with van der Waals surface area (Å²) in [4.78, 5) is 19.3. The first-order chi connectivity index (χ1) is 18.3. The summed E-state index contributed by atoms with van der Waals surface area (Å²) in [6.07, 6.45) is 9.31. The molecule has 0 bridgehead atoms. The van der Waals surface area contributed by atoms with E-state index in [4.69, 9.17) is 15.3 Å². The molecular formula is C33H44O5. The van der Waals surface area contributed by atoms with Crippen molar-refractivity contribution in [2.75, 3.05) is 13.2 Å². The number of hydrogen-bond donors (Lipinski definition) is 3. The highest BCUT2D eigenvalue weighted by atomic mass is 16.3. The molecule has 0 unspecified atom stereocenters. The zero-order valence-electron chi connectivity index (χ0n) is 23.1. The van der Waals surface area contributed by atoms with Gasteiger partial charge < -0.3 is 20.1 Å². The van der Waals surface area contributed by atoms with E-state index in [1.165, 1.54) is 25.5 Å². The summed E-state index contributed by atoms with van der Waals surface area (Å²) in [6.45, 7) is 6.89. The quantitative estimate of drug-likeness (QED) is 0.255. The van der Waals surface area contributed by atoms with Crippen molar-refractivity contribution in [3.8, 4) is 0 Å². The van der Waals surface area contributed by atoms with Crippen molar-refractivity contribution >= 4 is 24.2 Å². The predicted octanol–water partition coefficient (Wildman–Crippen LogP) is 6.18. The number of aliphatic hydroxyl groups is 3. The second-order valence-corrected chi connectivity index (χ2v) is 8.22. The van der Waals surface area contributed by atoms with Gasteiger partial charge in [0.1, 0.15) is 12.1 Å². The first-order valence-electron chi connectivity index (χ1n) is 12.6. The Hall–Kier alpha value is -3.64. The van der Waals surface area contributed by atoms with E-state index in [2.05, 4.69) is 12.1 Å². The molecule has 0 spiro atoms. The van der Waals surface area contributed by atoms with Gasteiger partial charge in [-0.3, -0.25) is 4.79 Å². The molecule has 0 saturated heterocycles. The van der Waals surface area contributed by atoms with E-state index in [0.29, 0.717) is 0 Å². The minimum atomic E-state index is -0.167. The van der Waals surface area contributed by atoms with E-state index in [9.17, 15) is 9.59 Å². The minimum absolute atomic E-state index is 0.106. The monoisotopic (exact) mass is 520 g/mol. The number of carbonyl (C=O) groups is 2. The smallest absolute Gasteiger partial charge is 0.142 e. The molecule has 0 heterocycles. The minimum Gasteiger partial charge on any atom is -0.396 e. The molecule has 0 atom stereocenters. The van der Waals surface area contributed by atoms with Crippen LogP contribution in [0.1, 0.15) is 50.8 Å². The summed E-state index contributed by atoms with van der Waals surface area (Å²) < 4.78 is 0. The Balaban J connectivity index is 0. The number of hydrogen-bond acceptors (Lipinski definition) is 5. The van der Waals surface area contributed by atoms with Crippen molar-refractivity contribution in [3.05, 3.63) is 120 Å². The summed E-state index contributed by atoms with van der Waals surface area (Å²) in [5.41, 5.74) is 3.47. The number of carbonyl (C=O) groups excluding carboxylic acids is 2. The maximum Gasteiger partial charge on any atom is 0.142 e. The average molecular weight is 521 g/mol. The van der Waals surface area contributed by atoms with Crippen LogP contribution in [0.5, 0.6) is 0 Å². The number of allylic oxidation sites excluding steroid dienone is 1. The molecule has 38 heavy (non-hydrogen) atoms. The molecule has 206 valence electrons. The van der Waals surface area contributed by atoms with Crippen LogP contribution in [-0.2, 0) is 16.0 Å². The van der Waals surface area contributed by atoms with Gasteiger partial charge in [-0.1, -0.05) is 109 Å². The van der Waals surface area contributed by atoms with Gasteiger partial charge in [0.15, 0.2) is 0 Å². The lowest BCUT2D eigenvalue weighted by atomic mass is 10.1. The summed E-state index contributed by atoms with van der Waals surface area (Å²) >= 11 is 0. The number of aliphatic hydroxyl groups excluding tert-OH is 3. The second kappa shape index (κ2) is 27.9. The van der Waals surface area contributed by atoms with Crippen LogP contribution in [0.3, 0.4) is 0 Å². The van der Waals surface area contributed by atoms with Crippen LogP contribution in [0, 0.1) is 0 Å². The largest absolute Gasteiger partial charge is 0.396 e. The third kappa shape index (κ3) is 30.4. The average Bonchev–Trinajstić information content (AvgIpc) is 2.91. The molecule has 0 aliphatic carbocycles. The SMILES string of the molecule is CC(C)=O.CC(C)O.O=C/C=C/c1ccccc1.OC/C=C/c1ccccc1.OCCCc1ccccc1. The van der Waals surface area contributed by atoms with Gasteiger partial charge in [0.05, 0.1) is 6.61 Å². The Morgan fingerprint density at radius 1 is 0.763 bits per heavy atom. The van der Waals surface area contributed by atoms with E-state index in [1.54, 1.807) is 26.0 Å². The first kappa shape index (κ1) is 36.5. The van der Waals surface area contributed by atoms with Crippen molar-refractivity contribution in [1.29, 1.82) is 0 Å². The fourth-order valence-corrected chi connectivity index (χ4v) is 2.40. The summed E-state index contributed by atoms with van der Waals surface area (Å²) in [6, 6.07) is 29.8. The molecule has 0 aromatic heterocycles. The normalized spacial score (nSPS) is 9.58. The summed E-state index contributed by atoms with van der Waals surface area (Å²) in [7, 11) is 0. The van der Waals surface area contributed by atoms with Crippen molar-refractivity contribution in [1.82, 2.24) is 0 Å². The Labute approximate surface area is 228 Å². The zero-order chi connectivity index (χ0) is 28.9. The molecule has 5 heteroatoms. The van der Waals surface area contributed by atoms with Crippen molar-refractivity contribution in [2.24, 2.45) is 0 Å². The lowest BCUT2D eigenvalue weighted by molar-refractivity contribution is -0.115. The number of aryl methyl sites for hydroxylation is 1. The van der Waals surface area contributed by atoms with Crippen LogP contribution in [0.25, 0.3) is 12.2 Å². The van der Waals surface area contributed by atoms with E-state index >= 15 is 0 Å². The number of rotatable bonds is 7. The van der Waals surface area contributed by atoms with Crippen molar-refractivity contribution in [3.63, 3.8) is 0 Å². The zero-order valence-corrected chi connectivity index (χ0v) is 23.1. The molecule has 0 aliphatic rings. The van der Waals surface area contributed by atoms with E-state index in [0.717, 1.165) is 30.3 Å². The van der Waals surface area contributed by atoms with Crippen molar-refractivity contribution < 1.29 is 24.9 Å². The van der Waals surface area contributed by atoms with Crippen molar-refractivity contribution in [2.45, 2.75) is 46.6 Å². The molecule has 0 radical (unpaired) electrons. The lowest BCUT2D eigenvalue weighted by Gasteiger charge is -1.96. The third-order valence-corrected chi connectivity index (χ3v) is 3.85. The highest BCUT2D eigenvalue weighted by Crippen LogP contribution is 2.01. The van der Waals surface area contributed by atoms with Gasteiger partial charge in [0.2, 0.25) is 0 Å². The summed E-state index contributed by atoms with van der Waals surface area (Å²) in [5.74, 6) is 0.167. The van der Waals surface area contributed by atoms with Crippen LogP contribution < -0.4 is 0 Å². The second-order valence-electron chi connectivity index (χ2n) is 8.22. The van der Waals surface area contributed by atoms with Gasteiger partial charge in [-0.25, -0.2) is 0 Å². The maximum absolute atomic E-state index is 9.89. The van der Waals surface area contributed by atoms with E-state index in [-0.39, 0.29) is 25.1 Å². The Morgan fingerprint density at radius 2 is 1.16 bits per heavy atom. The van der Waals surface area contributed by atoms with Gasteiger partial charge in [-0.15, -0.1) is 0 Å². The standard InChI is InChI=1S/C9H12O.C9H10O.C9H8O.C3H8O.C3H6O/c3*10-8-4-7-9-5-2-1-3-6-9;2*1-3(2)4/h1-3,5-6,10H,4,7-8H2;1-7,10H,8H2;1-8H;3-4H,1-2H3;1-2H3/b;2*7-4+;;. The molecule has 3 aromatic rings. The fraction of sp³-hybridized carbons (Fsp3) is 0.273. The number of aldehydes is 1. The van der Waals surface area contributed by atoms with Gasteiger partial charge in [0, 0.05) is 12.7 Å². The van der Waals surface area contributed by atoms with E-state index < -0.39 is 0 Å². The molecule has 5 nitrogen and oxygen atoms in total. The molecule has 3 rings (SSSR count). The topological polar surface area (TPSA) is 94.8 Å². The molecule has 3 aromatic carbocycles. The fourth-order valence-electron chi connectivity index (χ4n) is 2.40. The first-order valence-corrected chi connectivity index (χ1v) is 12.6. The number of ketones is 1. The van der Waals surface area contributed by atoms with Crippen LogP contribution in [0.2, 0.25) is 0 Å². The highest BCUT2D eigenvalue weighted by molar-refractivity contribution is 5.73. The van der Waals surface area contributed by atoms with Gasteiger partial charge in [0.25, 0.3) is 0 Å². The molecular weight excluding hydrogens is 476 g/mol. The van der Waals surface area contributed by atoms with Crippen LogP contribution >= 0.6 is 0 Å². The highest BCUT2D eigenvalue weighted by Gasteiger charge is 1.88. The Morgan fingerprint density at radius 3 is 1.53 bits per heavy atom. The lowest BCUT2D eigenvalue weighted by Crippen LogP contribution is -1.87. The van der Waals surface area contributed by atoms with Crippen LogP contribution in [-0.4, -0.2) is 46.7 Å². The maximum atomic E-state index is 9.89. The van der Waals surface area contributed by atoms with Gasteiger partial charge >= 0.3 is 0 Å². The summed E-state index contributed by atoms with van der Waals surface area (Å²) in [5, 5.41) is 25.0. The van der Waals surface area contributed by atoms with Gasteiger partial charge in [-0.2, -0.15) is 0 Å². The molecule has 0 amide bonds.